The van der Waals surface area contributed by atoms with Gasteiger partial charge in [-0.2, -0.15) is 8.42 Å². The van der Waals surface area contributed by atoms with Crippen molar-refractivity contribution in [1.82, 2.24) is 0 Å². The second-order valence-corrected chi connectivity index (χ2v) is 13.7. The molecule has 3 aliphatic rings. The van der Waals surface area contributed by atoms with Gasteiger partial charge in [0.1, 0.15) is 11.9 Å². The Hall–Kier alpha value is -2.03. The number of rotatable bonds is 6. The van der Waals surface area contributed by atoms with Gasteiger partial charge in [-0.1, -0.05) is 51.5 Å². The second kappa shape index (κ2) is 9.62. The molecule has 4 rings (SSSR count). The summed E-state index contributed by atoms with van der Waals surface area (Å²) in [6.07, 6.45) is 3.37. The van der Waals surface area contributed by atoms with Gasteiger partial charge in [-0.25, -0.2) is 4.79 Å². The van der Waals surface area contributed by atoms with Crippen molar-refractivity contribution < 1.29 is 32.0 Å². The number of hydrogen-bond donors (Lipinski definition) is 1. The van der Waals surface area contributed by atoms with E-state index in [0.29, 0.717) is 12.8 Å². The number of carbonyl (C=O) groups excluding carboxylic acids is 2. The van der Waals surface area contributed by atoms with Crippen molar-refractivity contribution in [3.05, 3.63) is 42.5 Å². The van der Waals surface area contributed by atoms with Crippen molar-refractivity contribution in [3.63, 3.8) is 0 Å². The number of hydrogen-bond acceptors (Lipinski definition) is 7. The van der Waals surface area contributed by atoms with E-state index in [1.54, 1.807) is 18.2 Å². The van der Waals surface area contributed by atoms with Crippen LogP contribution in [0.1, 0.15) is 65.4 Å². The summed E-state index contributed by atoms with van der Waals surface area (Å²) in [7, 11) is -4.15. The zero-order valence-electron chi connectivity index (χ0n) is 22.5. The molecular weight excluding hydrogens is 492 g/mol. The minimum atomic E-state index is -4.15. The topological polar surface area (TPSA) is 107 Å². The molecule has 2 bridgehead atoms. The average Bonchev–Trinajstić information content (AvgIpc) is 3.21. The smallest absolute Gasteiger partial charge is 0.333 e. The van der Waals surface area contributed by atoms with Crippen molar-refractivity contribution >= 4 is 21.9 Å². The number of esters is 1. The van der Waals surface area contributed by atoms with E-state index in [-0.39, 0.29) is 40.3 Å². The Morgan fingerprint density at radius 2 is 1.84 bits per heavy atom. The lowest BCUT2D eigenvalue weighted by molar-refractivity contribution is -0.207. The van der Waals surface area contributed by atoms with Crippen LogP contribution < -0.4 is 0 Å². The summed E-state index contributed by atoms with van der Waals surface area (Å²) in [5.74, 6) is -1.05. The van der Waals surface area contributed by atoms with Crippen LogP contribution in [-0.4, -0.2) is 44.1 Å². The van der Waals surface area contributed by atoms with Crippen LogP contribution in [0, 0.1) is 40.9 Å². The first-order valence-electron chi connectivity index (χ1n) is 13.2. The molecule has 8 atom stereocenters. The van der Waals surface area contributed by atoms with E-state index in [9.17, 15) is 23.1 Å². The van der Waals surface area contributed by atoms with Crippen LogP contribution in [0.15, 0.2) is 41.8 Å². The Bertz CT molecular complexity index is 1180. The van der Waals surface area contributed by atoms with Crippen LogP contribution in [0.5, 0.6) is 0 Å². The van der Waals surface area contributed by atoms with Crippen LogP contribution in [0.2, 0.25) is 0 Å². The minimum absolute atomic E-state index is 0.0394. The molecule has 3 saturated carbocycles. The highest BCUT2D eigenvalue weighted by atomic mass is 32.2. The molecule has 0 heterocycles. The van der Waals surface area contributed by atoms with E-state index in [1.807, 2.05) is 27.7 Å². The van der Waals surface area contributed by atoms with E-state index in [1.165, 1.54) is 12.1 Å². The molecule has 0 aliphatic heterocycles. The number of Topliss-reactive ketones (excluding diaryl/α,β-unsaturated/α-hetero) is 1. The molecule has 7 nitrogen and oxygen atoms in total. The molecule has 3 fully saturated rings. The third-order valence-corrected chi connectivity index (χ3v) is 11.5. The van der Waals surface area contributed by atoms with Crippen molar-refractivity contribution in [1.29, 1.82) is 0 Å². The molecule has 1 aromatic carbocycles. The van der Waals surface area contributed by atoms with Crippen LogP contribution >= 0.6 is 0 Å². The van der Waals surface area contributed by atoms with E-state index < -0.39 is 45.7 Å². The molecule has 8 heteroatoms. The number of ether oxygens (including phenoxy) is 1. The molecule has 37 heavy (non-hydrogen) atoms. The average molecular weight is 533 g/mol. The van der Waals surface area contributed by atoms with Crippen molar-refractivity contribution in [2.24, 2.45) is 34.0 Å². The van der Waals surface area contributed by atoms with E-state index >= 15 is 0 Å². The highest BCUT2D eigenvalue weighted by molar-refractivity contribution is 7.86. The van der Waals surface area contributed by atoms with Gasteiger partial charge < -0.3 is 9.84 Å². The lowest BCUT2D eigenvalue weighted by Crippen LogP contribution is -2.63. The molecule has 0 saturated heterocycles. The van der Waals surface area contributed by atoms with E-state index in [2.05, 4.69) is 13.5 Å². The van der Waals surface area contributed by atoms with Crippen molar-refractivity contribution in [2.45, 2.75) is 83.8 Å². The maximum Gasteiger partial charge on any atom is 0.333 e. The first-order chi connectivity index (χ1) is 17.2. The summed E-state index contributed by atoms with van der Waals surface area (Å²) in [4.78, 5) is 26.5. The predicted octanol–water partition coefficient (Wildman–Crippen LogP) is 4.61. The fourth-order valence-corrected chi connectivity index (χ4v) is 8.45. The zero-order valence-corrected chi connectivity index (χ0v) is 23.3. The number of aliphatic hydroxyl groups is 1. The number of ketones is 1. The SMILES string of the molecule is C=C[C@@]1(C)C[C@@H](OC(=O)COS(=O)(=O)c2ccc(C)cc2)[C@@]2(C)C3C(=O)CC[C@@]3(CC[C@H]2C)[C@@H](C)[C@@H]1O. The minimum Gasteiger partial charge on any atom is -0.460 e. The Morgan fingerprint density at radius 1 is 1.19 bits per heavy atom. The van der Waals surface area contributed by atoms with Gasteiger partial charge >= 0.3 is 5.97 Å². The van der Waals surface area contributed by atoms with Gasteiger partial charge in [0, 0.05) is 23.2 Å². The summed E-state index contributed by atoms with van der Waals surface area (Å²) in [6.45, 7) is 13.2. The van der Waals surface area contributed by atoms with Crippen LogP contribution in [0.4, 0.5) is 0 Å². The van der Waals surface area contributed by atoms with Gasteiger partial charge in [0.2, 0.25) is 0 Å². The maximum atomic E-state index is 13.4. The van der Waals surface area contributed by atoms with Gasteiger partial charge in [0.05, 0.1) is 11.0 Å². The first-order valence-corrected chi connectivity index (χ1v) is 14.6. The molecule has 3 aliphatic carbocycles. The summed E-state index contributed by atoms with van der Waals surface area (Å²) in [5.41, 5.74) is -0.910. The molecule has 0 aromatic heterocycles. The van der Waals surface area contributed by atoms with Crippen LogP contribution in [0.25, 0.3) is 0 Å². The Morgan fingerprint density at radius 3 is 2.46 bits per heavy atom. The molecule has 0 amide bonds. The van der Waals surface area contributed by atoms with E-state index in [0.717, 1.165) is 18.4 Å². The second-order valence-electron chi connectivity index (χ2n) is 12.1. The maximum absolute atomic E-state index is 13.4. The lowest BCUT2D eigenvalue weighted by atomic mass is 9.44. The first kappa shape index (κ1) is 28.0. The Labute approximate surface area is 220 Å². The quantitative estimate of drug-likeness (QED) is 0.324. The van der Waals surface area contributed by atoms with Gasteiger partial charge in [0.15, 0.2) is 6.61 Å². The normalized spacial score (nSPS) is 39.8. The van der Waals surface area contributed by atoms with Crippen LogP contribution in [0.3, 0.4) is 0 Å². The fraction of sp³-hybridized carbons (Fsp3) is 0.655. The molecule has 1 N–H and O–H groups in total. The summed E-state index contributed by atoms with van der Waals surface area (Å²) in [6, 6.07) is 6.17. The lowest BCUT2D eigenvalue weighted by Gasteiger charge is -2.61. The Balaban J connectivity index is 1.65. The van der Waals surface area contributed by atoms with Gasteiger partial charge in [-0.15, -0.1) is 6.58 Å². The molecular formula is C29H40O7S. The number of benzene rings is 1. The molecule has 204 valence electrons. The summed E-state index contributed by atoms with van der Waals surface area (Å²) in [5, 5.41) is 11.6. The molecule has 1 aromatic rings. The van der Waals surface area contributed by atoms with Gasteiger partial charge in [-0.05, 0) is 62.0 Å². The molecule has 1 unspecified atom stereocenters. The highest BCUT2D eigenvalue weighted by Crippen LogP contribution is 2.68. The third-order valence-electron chi connectivity index (χ3n) is 10.2. The number of aryl methyl sites for hydroxylation is 1. The van der Waals surface area contributed by atoms with Gasteiger partial charge in [0.25, 0.3) is 10.1 Å². The zero-order chi connectivity index (χ0) is 27.4. The molecule has 0 spiro atoms. The van der Waals surface area contributed by atoms with Gasteiger partial charge in [-0.3, -0.25) is 8.98 Å². The van der Waals surface area contributed by atoms with Crippen LogP contribution in [-0.2, 0) is 28.6 Å². The van der Waals surface area contributed by atoms with E-state index in [4.69, 9.17) is 8.92 Å². The van der Waals surface area contributed by atoms with Crippen molar-refractivity contribution in [3.8, 4) is 0 Å². The fourth-order valence-electron chi connectivity index (χ4n) is 7.59. The van der Waals surface area contributed by atoms with Crippen molar-refractivity contribution in [2.75, 3.05) is 6.61 Å². The number of aliphatic hydroxyl groups excluding tert-OH is 1. The highest BCUT2D eigenvalue weighted by Gasteiger charge is 2.68. The third kappa shape index (κ3) is 4.49. The molecule has 0 radical (unpaired) electrons. The predicted molar refractivity (Wildman–Crippen MR) is 139 cm³/mol. The monoisotopic (exact) mass is 532 g/mol. The standard InChI is InChI=1S/C29H40O7S/c1-7-27(5)16-23(36-24(31)17-35-37(33,34)21-10-8-18(2)9-11-21)28(6)19(3)12-14-29(20(4)26(27)32)15-13-22(30)25(28)29/h7-11,19-20,23,25-26,32H,1,12-17H2,2-6H3/t19-,20+,23-,25?,26+,27+,28+,29+/m1/s1. The summed E-state index contributed by atoms with van der Waals surface area (Å²) < 4.78 is 36.3. The summed E-state index contributed by atoms with van der Waals surface area (Å²) >= 11 is 0. The number of carbonyl (C=O) groups is 2. The largest absolute Gasteiger partial charge is 0.460 e. The Kier molecular flexibility index (Phi) is 7.27.